The van der Waals surface area contributed by atoms with Gasteiger partial charge in [-0.3, -0.25) is 9.59 Å². The third-order valence-corrected chi connectivity index (χ3v) is 7.46. The van der Waals surface area contributed by atoms with Crippen LogP contribution in [0.15, 0.2) is 69.2 Å². The second kappa shape index (κ2) is 9.10. The molecule has 0 saturated carbocycles. The molecule has 36 heavy (non-hydrogen) atoms. The van der Waals surface area contributed by atoms with Gasteiger partial charge < -0.3 is 23.7 Å². The summed E-state index contributed by atoms with van der Waals surface area (Å²) >= 11 is -4.83. The predicted octanol–water partition coefficient (Wildman–Crippen LogP) is 4.05. The standard InChI is InChI=1S/C25H20N2O7S2/c1-3-34-24-20-14-6-4-5-7-15(14)23(28)21-17(10-11-18(22(20)21)27(2)25(24)29)26-16-9-8-13(35(30)31)12-19(16)36(32)33/h4-12,26H,3H2,1-2H3,(H,30,31)(H,32,33). The number of benzene rings is 3. The Hall–Kier alpha value is -3.64. The number of anilines is 2. The van der Waals surface area contributed by atoms with Gasteiger partial charge in [0, 0.05) is 23.6 Å². The Labute approximate surface area is 210 Å². The fourth-order valence-electron chi connectivity index (χ4n) is 4.52. The van der Waals surface area contributed by atoms with Gasteiger partial charge in [-0.05, 0) is 42.8 Å². The minimum absolute atomic E-state index is 0.0403. The minimum Gasteiger partial charge on any atom is -0.488 e. The van der Waals surface area contributed by atoms with Gasteiger partial charge >= 0.3 is 0 Å². The number of aryl methyl sites for hydroxylation is 1. The summed E-state index contributed by atoms with van der Waals surface area (Å²) in [6.07, 6.45) is 0. The number of carbonyl (C=O) groups excluding carboxylic acids is 1. The number of hydrogen-bond acceptors (Lipinski definition) is 6. The topological polar surface area (TPSA) is 135 Å². The van der Waals surface area contributed by atoms with Crippen LogP contribution in [0.1, 0.15) is 22.8 Å². The van der Waals surface area contributed by atoms with Crippen LogP contribution in [0.3, 0.4) is 0 Å². The van der Waals surface area contributed by atoms with Crippen LogP contribution in [0.4, 0.5) is 11.4 Å². The molecule has 2 unspecified atom stereocenters. The maximum atomic E-state index is 13.8. The monoisotopic (exact) mass is 524 g/mol. The molecular weight excluding hydrogens is 504 g/mol. The van der Waals surface area contributed by atoms with E-state index in [1.165, 1.54) is 16.7 Å². The largest absolute Gasteiger partial charge is 0.488 e. The van der Waals surface area contributed by atoms with Gasteiger partial charge in [0.1, 0.15) is 0 Å². The number of rotatable bonds is 6. The zero-order chi connectivity index (χ0) is 25.7. The van der Waals surface area contributed by atoms with Crippen molar-refractivity contribution in [3.8, 4) is 16.9 Å². The quantitative estimate of drug-likeness (QED) is 0.283. The molecular formula is C25H20N2O7S2. The summed E-state index contributed by atoms with van der Waals surface area (Å²) in [4.78, 5) is 26.8. The summed E-state index contributed by atoms with van der Waals surface area (Å²) in [6, 6.07) is 14.2. The highest BCUT2D eigenvalue weighted by molar-refractivity contribution is 7.80. The molecule has 1 heterocycles. The lowest BCUT2D eigenvalue weighted by molar-refractivity contribution is 0.104. The van der Waals surface area contributed by atoms with E-state index in [1.807, 2.05) is 0 Å². The SMILES string of the molecule is CCOc1c2c3c(c(Nc4ccc(S(=O)O)cc4S(=O)O)ccc3n(C)c1=O)C(=O)c1ccccc1-2. The van der Waals surface area contributed by atoms with Gasteiger partial charge in [0.25, 0.3) is 5.56 Å². The molecule has 0 amide bonds. The summed E-state index contributed by atoms with van der Waals surface area (Å²) in [5.41, 5.74) is 2.50. The maximum Gasteiger partial charge on any atom is 0.293 e. The molecule has 1 aromatic heterocycles. The molecule has 2 atom stereocenters. The van der Waals surface area contributed by atoms with Crippen LogP contribution >= 0.6 is 0 Å². The van der Waals surface area contributed by atoms with Crippen molar-refractivity contribution in [3.63, 3.8) is 0 Å². The van der Waals surface area contributed by atoms with E-state index in [-0.39, 0.29) is 44.7 Å². The highest BCUT2D eigenvalue weighted by Crippen LogP contribution is 2.46. The van der Waals surface area contributed by atoms with E-state index in [0.717, 1.165) is 6.07 Å². The van der Waals surface area contributed by atoms with Crippen LogP contribution in [0.5, 0.6) is 5.75 Å². The molecule has 9 nitrogen and oxygen atoms in total. The molecule has 1 aliphatic rings. The molecule has 3 N–H and O–H groups in total. The van der Waals surface area contributed by atoms with Crippen LogP contribution in [0.2, 0.25) is 0 Å². The molecule has 3 aromatic carbocycles. The van der Waals surface area contributed by atoms with Gasteiger partial charge in [-0.25, -0.2) is 8.42 Å². The van der Waals surface area contributed by atoms with Crippen molar-refractivity contribution in [3.05, 3.63) is 76.1 Å². The number of hydrogen-bond donors (Lipinski definition) is 3. The Morgan fingerprint density at radius 3 is 2.28 bits per heavy atom. The molecule has 1 aliphatic carbocycles. The van der Waals surface area contributed by atoms with Crippen molar-refractivity contribution in [2.45, 2.75) is 16.7 Å². The molecule has 0 fully saturated rings. The van der Waals surface area contributed by atoms with Crippen molar-refractivity contribution >= 4 is 50.2 Å². The summed E-state index contributed by atoms with van der Waals surface area (Å²) in [5.74, 6) is -0.148. The van der Waals surface area contributed by atoms with Crippen molar-refractivity contribution in [1.82, 2.24) is 4.57 Å². The molecule has 4 aromatic rings. The lowest BCUT2D eigenvalue weighted by atomic mass is 9.82. The molecule has 0 bridgehead atoms. The number of fused-ring (bicyclic) bond motifs is 2. The Morgan fingerprint density at radius 1 is 0.917 bits per heavy atom. The number of carbonyl (C=O) groups is 1. The smallest absolute Gasteiger partial charge is 0.293 e. The van der Waals surface area contributed by atoms with Crippen LogP contribution in [-0.4, -0.2) is 34.5 Å². The highest BCUT2D eigenvalue weighted by Gasteiger charge is 2.32. The first-order valence-electron chi connectivity index (χ1n) is 10.8. The molecule has 11 heteroatoms. The van der Waals surface area contributed by atoms with E-state index in [1.54, 1.807) is 50.4 Å². The second-order valence-electron chi connectivity index (χ2n) is 8.04. The molecule has 5 rings (SSSR count). The number of nitrogens with zero attached hydrogens (tertiary/aromatic N) is 1. The lowest BCUT2D eigenvalue weighted by Crippen LogP contribution is -2.24. The van der Waals surface area contributed by atoms with Gasteiger partial charge in [0.15, 0.2) is 33.7 Å². The first-order chi connectivity index (χ1) is 17.2. The molecule has 184 valence electrons. The third-order valence-electron chi connectivity index (χ3n) is 6.09. The van der Waals surface area contributed by atoms with E-state index < -0.39 is 22.2 Å². The summed E-state index contributed by atoms with van der Waals surface area (Å²) in [6.45, 7) is 2.02. The second-order valence-corrected chi connectivity index (χ2v) is 9.95. The van der Waals surface area contributed by atoms with Gasteiger partial charge in [-0.1, -0.05) is 24.3 Å². The van der Waals surface area contributed by atoms with E-state index in [2.05, 4.69) is 5.32 Å². The number of ketones is 1. The number of nitrogens with one attached hydrogen (secondary N) is 1. The summed E-state index contributed by atoms with van der Waals surface area (Å²) < 4.78 is 49.9. The van der Waals surface area contributed by atoms with Crippen molar-refractivity contribution in [2.24, 2.45) is 7.05 Å². The zero-order valence-electron chi connectivity index (χ0n) is 19.1. The molecule has 0 radical (unpaired) electrons. The van der Waals surface area contributed by atoms with E-state index in [0.29, 0.717) is 33.3 Å². The highest BCUT2D eigenvalue weighted by atomic mass is 32.2. The zero-order valence-corrected chi connectivity index (χ0v) is 20.7. The Morgan fingerprint density at radius 2 is 1.61 bits per heavy atom. The molecule has 0 saturated heterocycles. The molecule has 0 aliphatic heterocycles. The number of ether oxygens (including phenoxy) is 1. The Bertz CT molecular complexity index is 1690. The van der Waals surface area contributed by atoms with E-state index >= 15 is 0 Å². The van der Waals surface area contributed by atoms with E-state index in [4.69, 9.17) is 4.74 Å². The van der Waals surface area contributed by atoms with Crippen LogP contribution in [0.25, 0.3) is 22.0 Å². The van der Waals surface area contributed by atoms with Gasteiger partial charge in [0.2, 0.25) is 0 Å². The summed E-state index contributed by atoms with van der Waals surface area (Å²) in [7, 11) is 1.60. The first-order valence-corrected chi connectivity index (χ1v) is 13.0. The Kier molecular flexibility index (Phi) is 6.08. The van der Waals surface area contributed by atoms with E-state index in [9.17, 15) is 27.1 Å². The molecule has 0 spiro atoms. The average Bonchev–Trinajstić information content (AvgIpc) is 2.86. The van der Waals surface area contributed by atoms with Crippen molar-refractivity contribution < 1.29 is 27.1 Å². The number of aromatic nitrogens is 1. The minimum atomic E-state index is -2.48. The van der Waals surface area contributed by atoms with Crippen molar-refractivity contribution in [1.29, 1.82) is 0 Å². The predicted molar refractivity (Wildman–Crippen MR) is 137 cm³/mol. The van der Waals surface area contributed by atoms with Crippen molar-refractivity contribution in [2.75, 3.05) is 11.9 Å². The lowest BCUT2D eigenvalue weighted by Gasteiger charge is -2.25. The maximum absolute atomic E-state index is 13.8. The van der Waals surface area contributed by atoms with Crippen LogP contribution in [0, 0.1) is 0 Å². The fraction of sp³-hybridized carbons (Fsp3) is 0.120. The summed E-state index contributed by atoms with van der Waals surface area (Å²) in [5, 5.41) is 3.58. The van der Waals surface area contributed by atoms with Crippen LogP contribution < -0.4 is 15.6 Å². The van der Waals surface area contributed by atoms with Crippen LogP contribution in [-0.2, 0) is 29.2 Å². The normalized spacial score (nSPS) is 13.8. The van der Waals surface area contributed by atoms with Gasteiger partial charge in [-0.15, -0.1) is 0 Å². The van der Waals surface area contributed by atoms with Gasteiger partial charge in [-0.2, -0.15) is 0 Å². The third kappa shape index (κ3) is 3.68. The van der Waals surface area contributed by atoms with Gasteiger partial charge in [0.05, 0.1) is 38.9 Å². The average molecular weight is 525 g/mol. The Balaban J connectivity index is 1.84. The fourth-order valence-corrected chi connectivity index (χ4v) is 5.53. The first kappa shape index (κ1) is 24.1. The number of pyridine rings is 1.